The second-order valence-electron chi connectivity index (χ2n) is 4.35. The van der Waals surface area contributed by atoms with E-state index in [1.54, 1.807) is 0 Å². The number of carbonyl (C=O) groups is 1. The van der Waals surface area contributed by atoms with E-state index in [2.05, 4.69) is 15.5 Å². The maximum atomic E-state index is 14.5. The summed E-state index contributed by atoms with van der Waals surface area (Å²) in [4.78, 5) is 23.1. The summed E-state index contributed by atoms with van der Waals surface area (Å²) in [6, 6.07) is 5.06. The molecule has 0 spiro atoms. The van der Waals surface area contributed by atoms with Crippen molar-refractivity contribution in [1.29, 1.82) is 0 Å². The molecule has 0 radical (unpaired) electrons. The molecule has 8 heteroatoms. The van der Waals surface area contributed by atoms with E-state index in [-0.39, 0.29) is 5.95 Å². The van der Waals surface area contributed by atoms with Crippen LogP contribution in [0.3, 0.4) is 0 Å². The van der Waals surface area contributed by atoms with E-state index in [9.17, 15) is 18.4 Å². The first kappa shape index (κ1) is 13.9. The van der Waals surface area contributed by atoms with Gasteiger partial charge in [-0.05, 0) is 13.0 Å². The number of nitrogens with one attached hydrogen (secondary N) is 2. The number of amides is 1. The van der Waals surface area contributed by atoms with Crippen molar-refractivity contribution in [1.82, 2.24) is 14.8 Å². The third-order valence-electron chi connectivity index (χ3n) is 2.91. The molecule has 1 heterocycles. The first-order valence-electron chi connectivity index (χ1n) is 5.71. The molecule has 0 bridgehead atoms. The van der Waals surface area contributed by atoms with Crippen LogP contribution in [0, 0.1) is 5.82 Å². The fourth-order valence-corrected chi connectivity index (χ4v) is 1.64. The van der Waals surface area contributed by atoms with E-state index in [1.165, 1.54) is 25.2 Å². The van der Waals surface area contributed by atoms with Crippen LogP contribution in [0.2, 0.25) is 0 Å². The normalized spacial score (nSPS) is 13.8. The number of hydrogen-bond donors (Lipinski definition) is 2. The number of alkyl halides is 1. The molecule has 2 N–H and O–H groups in total. The van der Waals surface area contributed by atoms with Crippen molar-refractivity contribution in [3.63, 3.8) is 0 Å². The summed E-state index contributed by atoms with van der Waals surface area (Å²) in [6.45, 7) is 0.936. The summed E-state index contributed by atoms with van der Waals surface area (Å²) in [5.41, 5.74) is -3.55. The lowest BCUT2D eigenvalue weighted by Gasteiger charge is -2.20. The number of carbonyl (C=O) groups excluding carboxylic acids is 1. The van der Waals surface area contributed by atoms with Crippen molar-refractivity contribution in [2.75, 3.05) is 5.32 Å². The van der Waals surface area contributed by atoms with E-state index < -0.39 is 28.6 Å². The van der Waals surface area contributed by atoms with Crippen LogP contribution in [0.1, 0.15) is 12.5 Å². The molecule has 1 atom stereocenters. The summed E-state index contributed by atoms with van der Waals surface area (Å²) in [7, 11) is 1.35. The Bertz CT molecular complexity index is 705. The quantitative estimate of drug-likeness (QED) is 0.883. The second-order valence-corrected chi connectivity index (χ2v) is 4.35. The molecule has 0 saturated carbocycles. The van der Waals surface area contributed by atoms with Crippen LogP contribution in [0.5, 0.6) is 0 Å². The van der Waals surface area contributed by atoms with Gasteiger partial charge in [-0.3, -0.25) is 14.7 Å². The number of anilines is 1. The molecule has 20 heavy (non-hydrogen) atoms. The largest absolute Gasteiger partial charge is 0.344 e. The molecule has 1 aromatic carbocycles. The Labute approximate surface area is 112 Å². The highest BCUT2D eigenvalue weighted by molar-refractivity contribution is 5.96. The predicted molar refractivity (Wildman–Crippen MR) is 67.3 cm³/mol. The molecule has 1 aromatic heterocycles. The summed E-state index contributed by atoms with van der Waals surface area (Å²) >= 11 is 0. The van der Waals surface area contributed by atoms with Gasteiger partial charge in [-0.15, -0.1) is 5.10 Å². The number of benzene rings is 1. The molecule has 0 aliphatic rings. The maximum Gasteiger partial charge on any atom is 0.344 e. The van der Waals surface area contributed by atoms with Gasteiger partial charge >= 0.3 is 5.69 Å². The van der Waals surface area contributed by atoms with Gasteiger partial charge in [0.1, 0.15) is 5.82 Å². The third kappa shape index (κ3) is 2.31. The fourth-order valence-electron chi connectivity index (χ4n) is 1.64. The van der Waals surface area contributed by atoms with Crippen LogP contribution in [0.15, 0.2) is 29.1 Å². The van der Waals surface area contributed by atoms with Crippen molar-refractivity contribution >= 4 is 11.9 Å². The van der Waals surface area contributed by atoms with E-state index in [0.717, 1.165) is 17.6 Å². The molecule has 0 aliphatic heterocycles. The topological polar surface area (TPSA) is 79.8 Å². The van der Waals surface area contributed by atoms with Gasteiger partial charge in [0, 0.05) is 12.6 Å². The number of rotatable bonds is 3. The molecule has 0 saturated heterocycles. The number of H-pyrrole nitrogens is 1. The Morgan fingerprint density at radius 1 is 1.45 bits per heavy atom. The Morgan fingerprint density at radius 3 is 2.65 bits per heavy atom. The third-order valence-corrected chi connectivity index (χ3v) is 2.91. The predicted octanol–water partition coefficient (Wildman–Crippen LogP) is 1.07. The number of aromatic amines is 1. The SMILES string of the molecule is Cn1c(NC(=O)C(C)(F)c2ccccc2F)n[nH]c1=O. The zero-order valence-corrected chi connectivity index (χ0v) is 10.8. The van der Waals surface area contributed by atoms with Crippen molar-refractivity contribution in [2.24, 2.45) is 7.05 Å². The Kier molecular flexibility index (Phi) is 3.39. The Hall–Kier alpha value is -2.51. The molecule has 1 unspecified atom stereocenters. The van der Waals surface area contributed by atoms with Crippen molar-refractivity contribution in [2.45, 2.75) is 12.6 Å². The van der Waals surface area contributed by atoms with Gasteiger partial charge in [0.2, 0.25) is 11.6 Å². The van der Waals surface area contributed by atoms with E-state index in [4.69, 9.17) is 0 Å². The average molecular weight is 282 g/mol. The summed E-state index contributed by atoms with van der Waals surface area (Å²) < 4.78 is 29.1. The van der Waals surface area contributed by atoms with Gasteiger partial charge < -0.3 is 0 Å². The van der Waals surface area contributed by atoms with Crippen molar-refractivity contribution < 1.29 is 13.6 Å². The molecule has 0 aliphatic carbocycles. The molecule has 1 amide bonds. The number of nitrogens with zero attached hydrogens (tertiary/aromatic N) is 2. The van der Waals surface area contributed by atoms with Gasteiger partial charge in [0.15, 0.2) is 0 Å². The van der Waals surface area contributed by atoms with Gasteiger partial charge in [-0.2, -0.15) is 0 Å². The molecule has 0 fully saturated rings. The lowest BCUT2D eigenvalue weighted by molar-refractivity contribution is -0.127. The Morgan fingerprint density at radius 2 is 2.10 bits per heavy atom. The van der Waals surface area contributed by atoms with Crippen LogP contribution in [-0.2, 0) is 17.5 Å². The summed E-state index contributed by atoms with van der Waals surface area (Å²) in [5, 5.41) is 7.75. The van der Waals surface area contributed by atoms with E-state index >= 15 is 0 Å². The zero-order chi connectivity index (χ0) is 14.9. The zero-order valence-electron chi connectivity index (χ0n) is 10.8. The minimum atomic E-state index is -2.60. The number of aromatic nitrogens is 3. The van der Waals surface area contributed by atoms with E-state index in [1.807, 2.05) is 0 Å². The summed E-state index contributed by atoms with van der Waals surface area (Å²) in [6.07, 6.45) is 0. The van der Waals surface area contributed by atoms with Crippen LogP contribution in [0.4, 0.5) is 14.7 Å². The van der Waals surface area contributed by atoms with Gasteiger partial charge in [0.05, 0.1) is 0 Å². The van der Waals surface area contributed by atoms with Gasteiger partial charge in [-0.25, -0.2) is 18.7 Å². The summed E-state index contributed by atoms with van der Waals surface area (Å²) in [5.74, 6) is -2.10. The minimum Gasteiger partial charge on any atom is -0.291 e. The molecule has 2 rings (SSSR count). The molecular formula is C12H12F2N4O2. The first-order chi connectivity index (χ1) is 9.34. The van der Waals surface area contributed by atoms with Crippen LogP contribution < -0.4 is 11.0 Å². The van der Waals surface area contributed by atoms with Gasteiger partial charge in [0.25, 0.3) is 5.91 Å². The molecular weight excluding hydrogens is 270 g/mol. The van der Waals surface area contributed by atoms with Crippen LogP contribution in [-0.4, -0.2) is 20.7 Å². The van der Waals surface area contributed by atoms with E-state index in [0.29, 0.717) is 0 Å². The van der Waals surface area contributed by atoms with Crippen molar-refractivity contribution in [3.8, 4) is 0 Å². The average Bonchev–Trinajstić information content (AvgIpc) is 2.71. The fraction of sp³-hybridized carbons (Fsp3) is 0.250. The smallest absolute Gasteiger partial charge is 0.291 e. The first-order valence-corrected chi connectivity index (χ1v) is 5.71. The second kappa shape index (κ2) is 4.87. The minimum absolute atomic E-state index is 0.153. The number of hydrogen-bond acceptors (Lipinski definition) is 3. The van der Waals surface area contributed by atoms with Crippen molar-refractivity contribution in [3.05, 3.63) is 46.1 Å². The molecule has 6 nitrogen and oxygen atoms in total. The standard InChI is InChI=1S/C12H12F2N4O2/c1-12(14,7-5-3-4-6-8(7)13)9(19)15-10-16-17-11(20)18(10)2/h3-6H,1-2H3,(H,17,20)(H,15,16,19). The molecule has 106 valence electrons. The lowest BCUT2D eigenvalue weighted by atomic mass is 9.96. The molecule has 2 aromatic rings. The number of halogens is 2. The maximum absolute atomic E-state index is 14.5. The highest BCUT2D eigenvalue weighted by Gasteiger charge is 2.38. The highest BCUT2D eigenvalue weighted by Crippen LogP contribution is 2.28. The lowest BCUT2D eigenvalue weighted by Crippen LogP contribution is -2.35. The monoisotopic (exact) mass is 282 g/mol. The Balaban J connectivity index is 2.30. The van der Waals surface area contributed by atoms with Crippen LogP contribution in [0.25, 0.3) is 0 Å². The highest BCUT2D eigenvalue weighted by atomic mass is 19.1. The van der Waals surface area contributed by atoms with Crippen LogP contribution >= 0.6 is 0 Å². The van der Waals surface area contributed by atoms with Gasteiger partial charge in [-0.1, -0.05) is 18.2 Å².